The molecular weight excluding hydrogens is 218 g/mol. The Balaban J connectivity index is 1.78. The van der Waals surface area contributed by atoms with Crippen LogP contribution in [0.2, 0.25) is 0 Å². The van der Waals surface area contributed by atoms with Crippen molar-refractivity contribution >= 4 is 5.69 Å². The van der Waals surface area contributed by atoms with E-state index in [-0.39, 0.29) is 0 Å². The third-order valence-electron chi connectivity index (χ3n) is 3.17. The smallest absolute Gasteiger partial charge is 0.0340 e. The molecular formula is C17H20N. The monoisotopic (exact) mass is 238 g/mol. The summed E-state index contributed by atoms with van der Waals surface area (Å²) >= 11 is 0. The van der Waals surface area contributed by atoms with Gasteiger partial charge in [-0.25, -0.2) is 0 Å². The van der Waals surface area contributed by atoms with Crippen LogP contribution >= 0.6 is 0 Å². The van der Waals surface area contributed by atoms with Crippen LogP contribution in [0.4, 0.5) is 5.69 Å². The molecule has 2 rings (SSSR count). The van der Waals surface area contributed by atoms with Gasteiger partial charge in [0.05, 0.1) is 0 Å². The molecule has 1 N–H and O–H groups in total. The highest BCUT2D eigenvalue weighted by Crippen LogP contribution is 2.12. The van der Waals surface area contributed by atoms with E-state index in [9.17, 15) is 0 Å². The maximum Gasteiger partial charge on any atom is 0.0340 e. The third-order valence-corrected chi connectivity index (χ3v) is 3.17. The van der Waals surface area contributed by atoms with Crippen molar-refractivity contribution in [2.45, 2.75) is 26.2 Å². The highest BCUT2D eigenvalue weighted by molar-refractivity contribution is 5.42. The minimum Gasteiger partial charge on any atom is -0.385 e. The van der Waals surface area contributed by atoms with Gasteiger partial charge >= 0.3 is 0 Å². The second-order valence-corrected chi connectivity index (χ2v) is 4.44. The molecule has 0 spiro atoms. The van der Waals surface area contributed by atoms with Gasteiger partial charge in [0.1, 0.15) is 0 Å². The van der Waals surface area contributed by atoms with E-state index in [1.165, 1.54) is 16.8 Å². The molecule has 0 heterocycles. The zero-order valence-electron chi connectivity index (χ0n) is 10.9. The van der Waals surface area contributed by atoms with E-state index < -0.39 is 0 Å². The zero-order valence-corrected chi connectivity index (χ0v) is 10.9. The van der Waals surface area contributed by atoms with E-state index in [1.54, 1.807) is 0 Å². The Hall–Kier alpha value is -1.76. The van der Waals surface area contributed by atoms with Crippen LogP contribution in [0.1, 0.15) is 24.5 Å². The molecule has 0 fully saturated rings. The first-order chi connectivity index (χ1) is 8.90. The quantitative estimate of drug-likeness (QED) is 0.747. The van der Waals surface area contributed by atoms with Crippen LogP contribution in [0.25, 0.3) is 0 Å². The number of rotatable bonds is 6. The van der Waals surface area contributed by atoms with Crippen LogP contribution in [0.3, 0.4) is 0 Å². The lowest BCUT2D eigenvalue weighted by Gasteiger charge is -2.09. The molecule has 93 valence electrons. The average Bonchev–Trinajstić information content (AvgIpc) is 2.45. The Morgan fingerprint density at radius 1 is 1.00 bits per heavy atom. The molecule has 1 heteroatoms. The van der Waals surface area contributed by atoms with Crippen molar-refractivity contribution in [1.82, 2.24) is 0 Å². The molecule has 0 saturated heterocycles. The molecule has 0 bridgehead atoms. The lowest BCUT2D eigenvalue weighted by atomic mass is 10.0. The van der Waals surface area contributed by atoms with E-state index in [4.69, 9.17) is 0 Å². The van der Waals surface area contributed by atoms with Crippen molar-refractivity contribution in [2.24, 2.45) is 0 Å². The first-order valence-corrected chi connectivity index (χ1v) is 6.67. The maximum absolute atomic E-state index is 3.43. The predicted molar refractivity (Wildman–Crippen MR) is 77.9 cm³/mol. The largest absolute Gasteiger partial charge is 0.385 e. The Labute approximate surface area is 110 Å². The molecule has 2 aromatic carbocycles. The summed E-state index contributed by atoms with van der Waals surface area (Å²) in [5, 5.41) is 3.43. The van der Waals surface area contributed by atoms with Gasteiger partial charge in [0.25, 0.3) is 0 Å². The predicted octanol–water partition coefficient (Wildman–Crippen LogP) is 4.09. The average molecular weight is 238 g/mol. The minimum atomic E-state index is 1.02. The Morgan fingerprint density at radius 3 is 2.44 bits per heavy atom. The molecule has 0 aliphatic heterocycles. The lowest BCUT2D eigenvalue weighted by molar-refractivity contribution is 0.850. The van der Waals surface area contributed by atoms with Gasteiger partial charge in [0.2, 0.25) is 0 Å². The van der Waals surface area contributed by atoms with Gasteiger partial charge in [-0.05, 0) is 48.6 Å². The summed E-state index contributed by atoms with van der Waals surface area (Å²) < 4.78 is 0. The molecule has 0 aromatic heterocycles. The van der Waals surface area contributed by atoms with Gasteiger partial charge in [-0.1, -0.05) is 43.3 Å². The molecule has 0 saturated carbocycles. The summed E-state index contributed by atoms with van der Waals surface area (Å²) in [6.45, 7) is 3.24. The first-order valence-electron chi connectivity index (χ1n) is 6.67. The molecule has 1 radical (unpaired) electrons. The summed E-state index contributed by atoms with van der Waals surface area (Å²) in [5.41, 5.74) is 4.15. The third kappa shape index (κ3) is 3.63. The Kier molecular flexibility index (Phi) is 4.83. The molecule has 1 nitrogen and oxygen atoms in total. The van der Waals surface area contributed by atoms with Crippen LogP contribution in [-0.2, 0) is 12.8 Å². The van der Waals surface area contributed by atoms with Crippen LogP contribution in [0.15, 0.2) is 48.5 Å². The van der Waals surface area contributed by atoms with Gasteiger partial charge in [-0.3, -0.25) is 0 Å². The summed E-state index contributed by atoms with van der Waals surface area (Å²) in [7, 11) is 0. The Bertz CT molecular complexity index is 462. The van der Waals surface area contributed by atoms with Gasteiger partial charge in [0.15, 0.2) is 0 Å². The molecule has 0 amide bonds. The summed E-state index contributed by atoms with van der Waals surface area (Å²) in [5.74, 6) is 0. The van der Waals surface area contributed by atoms with Crippen molar-refractivity contribution in [2.75, 3.05) is 11.9 Å². The standard InChI is InChI=1S/C17H20N/c1-2-15-9-6-7-10-16(15)11-8-14-18-17-12-4-3-5-13-17/h4-7,9-10,12-13,18H,2,8,11,14H2,1H3. The Morgan fingerprint density at radius 2 is 1.72 bits per heavy atom. The van der Waals surface area contributed by atoms with Crippen LogP contribution in [-0.4, -0.2) is 6.54 Å². The fourth-order valence-electron chi connectivity index (χ4n) is 2.16. The van der Waals surface area contributed by atoms with E-state index in [0.29, 0.717) is 0 Å². The number of benzene rings is 2. The summed E-state index contributed by atoms with van der Waals surface area (Å²) in [4.78, 5) is 0. The second-order valence-electron chi connectivity index (χ2n) is 4.44. The van der Waals surface area contributed by atoms with Crippen LogP contribution < -0.4 is 5.32 Å². The lowest BCUT2D eigenvalue weighted by Crippen LogP contribution is -2.03. The van der Waals surface area contributed by atoms with Crippen molar-refractivity contribution in [3.05, 3.63) is 65.7 Å². The van der Waals surface area contributed by atoms with Gasteiger partial charge in [-0.2, -0.15) is 0 Å². The number of hydrogen-bond acceptors (Lipinski definition) is 1. The first kappa shape index (κ1) is 12.7. The summed E-state index contributed by atoms with van der Waals surface area (Å²) in [6.07, 6.45) is 3.43. The number of anilines is 1. The van der Waals surface area contributed by atoms with Crippen LogP contribution in [0, 0.1) is 6.07 Å². The molecule has 0 aliphatic rings. The molecule has 2 aromatic rings. The highest BCUT2D eigenvalue weighted by atomic mass is 14.9. The van der Waals surface area contributed by atoms with Gasteiger partial charge in [0, 0.05) is 12.2 Å². The van der Waals surface area contributed by atoms with E-state index in [1.807, 2.05) is 12.1 Å². The van der Waals surface area contributed by atoms with Gasteiger partial charge in [-0.15, -0.1) is 0 Å². The summed E-state index contributed by atoms with van der Waals surface area (Å²) in [6, 6.07) is 19.8. The highest BCUT2D eigenvalue weighted by Gasteiger charge is 1.99. The number of nitrogens with one attached hydrogen (secondary N) is 1. The molecule has 0 unspecified atom stereocenters. The van der Waals surface area contributed by atoms with E-state index >= 15 is 0 Å². The fraction of sp³-hybridized carbons (Fsp3) is 0.294. The van der Waals surface area contributed by atoms with Crippen LogP contribution in [0.5, 0.6) is 0 Å². The van der Waals surface area contributed by atoms with Crippen molar-refractivity contribution in [1.29, 1.82) is 0 Å². The molecule has 18 heavy (non-hydrogen) atoms. The maximum atomic E-state index is 3.43. The number of aryl methyl sites for hydroxylation is 2. The normalized spacial score (nSPS) is 10.3. The number of hydrogen-bond donors (Lipinski definition) is 1. The van der Waals surface area contributed by atoms with Crippen molar-refractivity contribution in [3.8, 4) is 0 Å². The SMILES string of the molecule is CCc1ccccc1CCCNc1cc[c]cc1. The molecule has 0 atom stereocenters. The van der Waals surface area contributed by atoms with E-state index in [0.717, 1.165) is 25.8 Å². The second kappa shape index (κ2) is 6.85. The van der Waals surface area contributed by atoms with Crippen molar-refractivity contribution < 1.29 is 0 Å². The fourth-order valence-corrected chi connectivity index (χ4v) is 2.16. The molecule has 0 aliphatic carbocycles. The zero-order chi connectivity index (χ0) is 12.6. The minimum absolute atomic E-state index is 1.02. The van der Waals surface area contributed by atoms with Gasteiger partial charge < -0.3 is 5.32 Å². The van der Waals surface area contributed by atoms with Crippen molar-refractivity contribution in [3.63, 3.8) is 0 Å². The topological polar surface area (TPSA) is 12.0 Å². The van der Waals surface area contributed by atoms with E-state index in [2.05, 4.69) is 54.7 Å².